The fourth-order valence-electron chi connectivity index (χ4n) is 1.18. The molecule has 0 aromatic heterocycles. The van der Waals surface area contributed by atoms with Crippen LogP contribution in [0.15, 0.2) is 24.3 Å². The third-order valence-electron chi connectivity index (χ3n) is 2.11. The lowest BCUT2D eigenvalue weighted by molar-refractivity contribution is -0.124. The van der Waals surface area contributed by atoms with Gasteiger partial charge in [-0.05, 0) is 24.6 Å². The molecule has 1 aromatic rings. The van der Waals surface area contributed by atoms with Crippen LogP contribution in [-0.2, 0) is 16.1 Å². The van der Waals surface area contributed by atoms with Gasteiger partial charge >= 0.3 is 0 Å². The normalized spacial score (nSPS) is 9.88. The molecule has 16 heavy (non-hydrogen) atoms. The standard InChI is InChI=1S/C12H14ClNO2/c1-9(15)2-7-12(16)14-8-10-3-5-11(13)6-4-10/h3-6H,2,7-8H2,1H3,(H,14,16). The van der Waals surface area contributed by atoms with Crippen LogP contribution in [0.4, 0.5) is 0 Å². The number of ketones is 1. The summed E-state index contributed by atoms with van der Waals surface area (Å²) in [4.78, 5) is 22.0. The predicted octanol–water partition coefficient (Wildman–Crippen LogP) is 2.33. The summed E-state index contributed by atoms with van der Waals surface area (Å²) in [5.41, 5.74) is 0.987. The fraction of sp³-hybridized carbons (Fsp3) is 0.333. The molecule has 0 spiro atoms. The number of hydrogen-bond acceptors (Lipinski definition) is 2. The molecule has 0 bridgehead atoms. The zero-order valence-electron chi connectivity index (χ0n) is 9.13. The zero-order chi connectivity index (χ0) is 12.0. The highest BCUT2D eigenvalue weighted by Crippen LogP contribution is 2.09. The summed E-state index contributed by atoms with van der Waals surface area (Å²) in [5.74, 6) is -0.0770. The van der Waals surface area contributed by atoms with Crippen molar-refractivity contribution in [2.24, 2.45) is 0 Å². The van der Waals surface area contributed by atoms with Gasteiger partial charge in [-0.15, -0.1) is 0 Å². The summed E-state index contributed by atoms with van der Waals surface area (Å²) < 4.78 is 0. The molecule has 86 valence electrons. The second-order valence-electron chi connectivity index (χ2n) is 3.61. The van der Waals surface area contributed by atoms with E-state index in [0.717, 1.165) is 5.56 Å². The van der Waals surface area contributed by atoms with E-state index in [1.54, 1.807) is 12.1 Å². The lowest BCUT2D eigenvalue weighted by Crippen LogP contribution is -2.22. The molecule has 0 atom stereocenters. The van der Waals surface area contributed by atoms with Crippen LogP contribution < -0.4 is 5.32 Å². The Balaban J connectivity index is 2.31. The van der Waals surface area contributed by atoms with Gasteiger partial charge in [-0.1, -0.05) is 23.7 Å². The maximum Gasteiger partial charge on any atom is 0.220 e. The van der Waals surface area contributed by atoms with Crippen molar-refractivity contribution in [3.05, 3.63) is 34.9 Å². The van der Waals surface area contributed by atoms with Crippen molar-refractivity contribution in [1.82, 2.24) is 5.32 Å². The van der Waals surface area contributed by atoms with E-state index in [9.17, 15) is 9.59 Å². The number of halogens is 1. The zero-order valence-corrected chi connectivity index (χ0v) is 9.88. The van der Waals surface area contributed by atoms with Crippen LogP contribution in [0.1, 0.15) is 25.3 Å². The number of nitrogens with one attached hydrogen (secondary N) is 1. The number of carbonyl (C=O) groups excluding carboxylic acids is 2. The number of Topliss-reactive ketones (excluding diaryl/α,β-unsaturated/α-hetero) is 1. The third-order valence-corrected chi connectivity index (χ3v) is 2.36. The van der Waals surface area contributed by atoms with E-state index in [1.807, 2.05) is 12.1 Å². The average molecular weight is 240 g/mol. The van der Waals surface area contributed by atoms with Crippen LogP contribution in [0, 0.1) is 0 Å². The molecule has 0 aliphatic heterocycles. The highest BCUT2D eigenvalue weighted by atomic mass is 35.5. The van der Waals surface area contributed by atoms with Crippen LogP contribution in [0.2, 0.25) is 5.02 Å². The molecule has 1 amide bonds. The number of benzene rings is 1. The number of hydrogen-bond donors (Lipinski definition) is 1. The van der Waals surface area contributed by atoms with E-state index in [4.69, 9.17) is 11.6 Å². The fourth-order valence-corrected chi connectivity index (χ4v) is 1.31. The predicted molar refractivity (Wildman–Crippen MR) is 63.2 cm³/mol. The van der Waals surface area contributed by atoms with Gasteiger partial charge in [-0.3, -0.25) is 4.79 Å². The van der Waals surface area contributed by atoms with Crippen molar-refractivity contribution >= 4 is 23.3 Å². The van der Waals surface area contributed by atoms with Gasteiger partial charge in [-0.2, -0.15) is 0 Å². The lowest BCUT2D eigenvalue weighted by Gasteiger charge is -2.04. The molecule has 3 nitrogen and oxygen atoms in total. The van der Waals surface area contributed by atoms with E-state index in [1.165, 1.54) is 6.92 Å². The molecule has 1 aromatic carbocycles. The first-order valence-corrected chi connectivity index (χ1v) is 5.46. The largest absolute Gasteiger partial charge is 0.352 e. The minimum absolute atomic E-state index is 0.0293. The van der Waals surface area contributed by atoms with Gasteiger partial charge in [0.25, 0.3) is 0 Å². The summed E-state index contributed by atoms with van der Waals surface area (Å²) in [6.45, 7) is 1.94. The lowest BCUT2D eigenvalue weighted by atomic mass is 10.2. The summed E-state index contributed by atoms with van der Waals surface area (Å²) in [6.07, 6.45) is 0.551. The summed E-state index contributed by atoms with van der Waals surface area (Å²) in [5, 5.41) is 3.41. The summed E-state index contributed by atoms with van der Waals surface area (Å²) in [7, 11) is 0. The molecule has 0 heterocycles. The van der Waals surface area contributed by atoms with Crippen molar-refractivity contribution in [2.45, 2.75) is 26.3 Å². The molecule has 0 aliphatic carbocycles. The van der Waals surface area contributed by atoms with Gasteiger partial charge < -0.3 is 10.1 Å². The molecule has 0 unspecified atom stereocenters. The Morgan fingerprint density at radius 1 is 1.19 bits per heavy atom. The van der Waals surface area contributed by atoms with E-state index >= 15 is 0 Å². The molecule has 0 fully saturated rings. The first kappa shape index (κ1) is 12.7. The molecule has 1 N–H and O–H groups in total. The molecule has 0 aliphatic rings. The maximum absolute atomic E-state index is 11.3. The number of carbonyl (C=O) groups is 2. The third kappa shape index (κ3) is 4.94. The summed E-state index contributed by atoms with van der Waals surface area (Å²) >= 11 is 5.73. The summed E-state index contributed by atoms with van der Waals surface area (Å²) in [6, 6.07) is 7.26. The van der Waals surface area contributed by atoms with Gasteiger partial charge in [-0.25, -0.2) is 0 Å². The van der Waals surface area contributed by atoms with Crippen molar-refractivity contribution in [3.8, 4) is 0 Å². The van der Waals surface area contributed by atoms with Crippen LogP contribution in [0.5, 0.6) is 0 Å². The molecule has 0 saturated heterocycles. The van der Waals surface area contributed by atoms with Gasteiger partial charge in [0, 0.05) is 24.4 Å². The first-order chi connectivity index (χ1) is 7.58. The van der Waals surface area contributed by atoms with Crippen molar-refractivity contribution in [2.75, 3.05) is 0 Å². The highest BCUT2D eigenvalue weighted by Gasteiger charge is 2.03. The molecular weight excluding hydrogens is 226 g/mol. The quantitative estimate of drug-likeness (QED) is 0.857. The van der Waals surface area contributed by atoms with Gasteiger partial charge in [0.15, 0.2) is 0 Å². The van der Waals surface area contributed by atoms with Gasteiger partial charge in [0.05, 0.1) is 0 Å². The van der Waals surface area contributed by atoms with Crippen LogP contribution >= 0.6 is 11.6 Å². The van der Waals surface area contributed by atoms with E-state index in [-0.39, 0.29) is 18.1 Å². The molecule has 1 rings (SSSR count). The van der Waals surface area contributed by atoms with Crippen LogP contribution in [0.3, 0.4) is 0 Å². The van der Waals surface area contributed by atoms with Crippen molar-refractivity contribution in [3.63, 3.8) is 0 Å². The Labute approximate surface area is 99.8 Å². The highest BCUT2D eigenvalue weighted by molar-refractivity contribution is 6.30. The molecule has 0 saturated carbocycles. The Kier molecular flexibility index (Phi) is 4.99. The molecule has 0 radical (unpaired) electrons. The Hall–Kier alpha value is -1.35. The number of amides is 1. The number of rotatable bonds is 5. The monoisotopic (exact) mass is 239 g/mol. The second kappa shape index (κ2) is 6.28. The van der Waals surface area contributed by atoms with Crippen LogP contribution in [0.25, 0.3) is 0 Å². The Morgan fingerprint density at radius 3 is 2.38 bits per heavy atom. The smallest absolute Gasteiger partial charge is 0.220 e. The maximum atomic E-state index is 11.3. The average Bonchev–Trinajstić information content (AvgIpc) is 2.25. The van der Waals surface area contributed by atoms with E-state index in [2.05, 4.69) is 5.32 Å². The van der Waals surface area contributed by atoms with Crippen LogP contribution in [-0.4, -0.2) is 11.7 Å². The van der Waals surface area contributed by atoms with E-state index < -0.39 is 0 Å². The molecular formula is C12H14ClNO2. The first-order valence-electron chi connectivity index (χ1n) is 5.08. The van der Waals surface area contributed by atoms with Gasteiger partial charge in [0.1, 0.15) is 5.78 Å². The van der Waals surface area contributed by atoms with Gasteiger partial charge in [0.2, 0.25) is 5.91 Å². The van der Waals surface area contributed by atoms with Crippen molar-refractivity contribution < 1.29 is 9.59 Å². The Morgan fingerprint density at radius 2 is 1.81 bits per heavy atom. The van der Waals surface area contributed by atoms with E-state index in [0.29, 0.717) is 18.0 Å². The molecule has 4 heteroatoms. The van der Waals surface area contributed by atoms with Crippen molar-refractivity contribution in [1.29, 1.82) is 0 Å². The minimum atomic E-state index is -0.106. The Bertz CT molecular complexity index is 373. The second-order valence-corrected chi connectivity index (χ2v) is 4.04. The topological polar surface area (TPSA) is 46.2 Å². The minimum Gasteiger partial charge on any atom is -0.352 e. The SMILES string of the molecule is CC(=O)CCC(=O)NCc1ccc(Cl)cc1.